The largest absolute Gasteiger partial charge is 0.383 e. The van der Waals surface area contributed by atoms with Gasteiger partial charge in [0.25, 0.3) is 0 Å². The number of aryl methyl sites for hydroxylation is 1. The second-order valence-corrected chi connectivity index (χ2v) is 7.81. The van der Waals surface area contributed by atoms with Crippen LogP contribution in [0.2, 0.25) is 0 Å². The number of nitrogens with two attached hydrogens (primary N) is 1. The average molecular weight is 437 g/mol. The first-order valence-electron chi connectivity index (χ1n) is 10.3. The van der Waals surface area contributed by atoms with E-state index in [1.807, 2.05) is 10.9 Å². The molecule has 1 fully saturated rings. The quantitative estimate of drug-likeness (QED) is 0.505. The SMILES string of the molecule is Cc1ccc(-n2nnnc2-c2cc(-c3cnn([C@H]4CCCNC4)c3)cnc2N)c(F)c1F. The number of rotatable bonds is 4. The van der Waals surface area contributed by atoms with Gasteiger partial charge in [-0.3, -0.25) is 4.68 Å². The van der Waals surface area contributed by atoms with Crippen molar-refractivity contribution in [2.24, 2.45) is 0 Å². The Labute approximate surface area is 182 Å². The zero-order valence-electron chi connectivity index (χ0n) is 17.3. The van der Waals surface area contributed by atoms with E-state index < -0.39 is 11.6 Å². The maximum Gasteiger partial charge on any atom is 0.190 e. The Morgan fingerprint density at radius 3 is 2.84 bits per heavy atom. The Balaban J connectivity index is 1.53. The lowest BCUT2D eigenvalue weighted by atomic mass is 10.1. The van der Waals surface area contributed by atoms with E-state index in [0.29, 0.717) is 11.6 Å². The molecule has 1 aromatic carbocycles. The van der Waals surface area contributed by atoms with E-state index in [4.69, 9.17) is 5.73 Å². The number of tetrazole rings is 1. The van der Waals surface area contributed by atoms with Gasteiger partial charge in [0.1, 0.15) is 11.5 Å². The van der Waals surface area contributed by atoms with Gasteiger partial charge >= 0.3 is 0 Å². The molecule has 4 aromatic rings. The smallest absolute Gasteiger partial charge is 0.190 e. The number of benzene rings is 1. The fourth-order valence-corrected chi connectivity index (χ4v) is 3.88. The van der Waals surface area contributed by atoms with Crippen LogP contribution in [0.25, 0.3) is 28.2 Å². The minimum Gasteiger partial charge on any atom is -0.383 e. The molecule has 0 aliphatic carbocycles. The van der Waals surface area contributed by atoms with Crippen LogP contribution in [0.3, 0.4) is 0 Å². The molecule has 11 heteroatoms. The van der Waals surface area contributed by atoms with Gasteiger partial charge in [-0.1, -0.05) is 6.07 Å². The minimum atomic E-state index is -1.04. The summed E-state index contributed by atoms with van der Waals surface area (Å²) in [4.78, 5) is 4.27. The van der Waals surface area contributed by atoms with Gasteiger partial charge in [-0.25, -0.2) is 13.8 Å². The second kappa shape index (κ2) is 8.08. The Hall–Kier alpha value is -3.73. The topological polar surface area (TPSA) is 112 Å². The molecule has 0 radical (unpaired) electrons. The normalized spacial score (nSPS) is 16.4. The highest BCUT2D eigenvalue weighted by molar-refractivity contribution is 5.76. The standard InChI is InChI=1S/C21H21F2N9/c1-12-4-5-17(19(23)18(12)22)32-21(28-29-30-32)16-7-13(8-26-20(16)24)14-9-27-31(11-14)15-3-2-6-25-10-15/h4-5,7-9,11,15,25H,2-3,6,10H2,1H3,(H2,24,26)/t15-/m0/s1. The lowest BCUT2D eigenvalue weighted by molar-refractivity contribution is 0.347. The predicted molar refractivity (Wildman–Crippen MR) is 114 cm³/mol. The van der Waals surface area contributed by atoms with Crippen molar-refractivity contribution in [3.63, 3.8) is 0 Å². The first-order valence-corrected chi connectivity index (χ1v) is 10.3. The maximum atomic E-state index is 14.6. The van der Waals surface area contributed by atoms with Crippen LogP contribution in [-0.4, -0.2) is 48.1 Å². The van der Waals surface area contributed by atoms with Gasteiger partial charge in [0.15, 0.2) is 17.5 Å². The average Bonchev–Trinajstić information content (AvgIpc) is 3.49. The van der Waals surface area contributed by atoms with E-state index in [2.05, 4.69) is 30.9 Å². The summed E-state index contributed by atoms with van der Waals surface area (Å²) in [7, 11) is 0. The zero-order chi connectivity index (χ0) is 22.2. The molecule has 0 unspecified atom stereocenters. The van der Waals surface area contributed by atoms with Gasteiger partial charge in [-0.2, -0.15) is 9.78 Å². The van der Waals surface area contributed by atoms with Gasteiger partial charge in [0, 0.05) is 30.1 Å². The van der Waals surface area contributed by atoms with Crippen LogP contribution in [0.15, 0.2) is 36.8 Å². The van der Waals surface area contributed by atoms with E-state index in [0.717, 1.165) is 41.7 Å². The molecular formula is C21H21F2N9. The molecule has 0 amide bonds. The number of hydrogen-bond donors (Lipinski definition) is 2. The van der Waals surface area contributed by atoms with Crippen LogP contribution >= 0.6 is 0 Å². The number of anilines is 1. The summed E-state index contributed by atoms with van der Waals surface area (Å²) in [5.74, 6) is -1.67. The molecule has 1 saturated heterocycles. The number of hydrogen-bond acceptors (Lipinski definition) is 7. The van der Waals surface area contributed by atoms with Gasteiger partial charge in [0.05, 0.1) is 17.8 Å². The third kappa shape index (κ3) is 3.50. The molecule has 5 rings (SSSR count). The van der Waals surface area contributed by atoms with E-state index >= 15 is 0 Å². The Morgan fingerprint density at radius 1 is 1.16 bits per heavy atom. The lowest BCUT2D eigenvalue weighted by Gasteiger charge is -2.22. The first-order chi connectivity index (χ1) is 15.5. The van der Waals surface area contributed by atoms with E-state index in [1.54, 1.807) is 18.5 Å². The number of aromatic nitrogens is 7. The van der Waals surface area contributed by atoms with E-state index in [9.17, 15) is 8.78 Å². The van der Waals surface area contributed by atoms with Crippen molar-refractivity contribution < 1.29 is 8.78 Å². The number of piperidine rings is 1. The van der Waals surface area contributed by atoms with Crippen LogP contribution in [0, 0.1) is 18.6 Å². The molecule has 1 atom stereocenters. The Bertz CT molecular complexity index is 1270. The van der Waals surface area contributed by atoms with Crippen molar-refractivity contribution in [2.75, 3.05) is 18.8 Å². The van der Waals surface area contributed by atoms with Gasteiger partial charge in [-0.15, -0.1) is 5.10 Å². The number of nitrogens with zero attached hydrogens (tertiary/aromatic N) is 7. The molecule has 32 heavy (non-hydrogen) atoms. The Kier molecular flexibility index (Phi) is 5.10. The van der Waals surface area contributed by atoms with Gasteiger partial charge < -0.3 is 11.1 Å². The molecule has 0 bridgehead atoms. The molecule has 0 spiro atoms. The summed E-state index contributed by atoms with van der Waals surface area (Å²) in [5, 5.41) is 19.4. The zero-order valence-corrected chi connectivity index (χ0v) is 17.3. The van der Waals surface area contributed by atoms with Crippen LogP contribution in [0.1, 0.15) is 24.4 Å². The van der Waals surface area contributed by atoms with Crippen molar-refractivity contribution in [3.8, 4) is 28.2 Å². The maximum absolute atomic E-state index is 14.6. The number of nitrogens with one attached hydrogen (secondary N) is 1. The fraction of sp³-hybridized carbons (Fsp3) is 0.286. The van der Waals surface area contributed by atoms with E-state index in [-0.39, 0.29) is 22.9 Å². The molecule has 0 saturated carbocycles. The number of nitrogen functional groups attached to an aromatic ring is 1. The van der Waals surface area contributed by atoms with E-state index in [1.165, 1.54) is 19.1 Å². The van der Waals surface area contributed by atoms with Crippen LogP contribution in [0.5, 0.6) is 0 Å². The lowest BCUT2D eigenvalue weighted by Crippen LogP contribution is -2.31. The van der Waals surface area contributed by atoms with Crippen molar-refractivity contribution >= 4 is 5.82 Å². The fourth-order valence-electron chi connectivity index (χ4n) is 3.88. The molecule has 9 nitrogen and oxygen atoms in total. The molecule has 3 N–H and O–H groups in total. The second-order valence-electron chi connectivity index (χ2n) is 7.81. The summed E-state index contributed by atoms with van der Waals surface area (Å²) in [5.41, 5.74) is 8.20. The highest BCUT2D eigenvalue weighted by Crippen LogP contribution is 2.31. The molecule has 164 valence electrons. The summed E-state index contributed by atoms with van der Waals surface area (Å²) in [6.07, 6.45) is 7.54. The monoisotopic (exact) mass is 437 g/mol. The predicted octanol–water partition coefficient (Wildman–Crippen LogP) is 2.68. The molecule has 1 aliphatic rings. The summed E-state index contributed by atoms with van der Waals surface area (Å²) < 4.78 is 31.8. The summed E-state index contributed by atoms with van der Waals surface area (Å²) >= 11 is 0. The third-order valence-electron chi connectivity index (χ3n) is 5.69. The number of halogens is 2. The summed E-state index contributed by atoms with van der Waals surface area (Å²) in [6, 6.07) is 4.95. The third-order valence-corrected chi connectivity index (χ3v) is 5.69. The Morgan fingerprint density at radius 2 is 2.03 bits per heavy atom. The first kappa shape index (κ1) is 20.2. The van der Waals surface area contributed by atoms with Crippen LogP contribution in [0.4, 0.5) is 14.6 Å². The highest BCUT2D eigenvalue weighted by atomic mass is 19.2. The minimum absolute atomic E-state index is 0.115. The van der Waals surface area contributed by atoms with Crippen molar-refractivity contribution in [2.45, 2.75) is 25.8 Å². The van der Waals surface area contributed by atoms with Gasteiger partial charge in [-0.05, 0) is 54.4 Å². The van der Waals surface area contributed by atoms with Gasteiger partial charge in [0.2, 0.25) is 0 Å². The molecular weight excluding hydrogens is 416 g/mol. The molecule has 3 aromatic heterocycles. The number of pyridine rings is 1. The molecule has 4 heterocycles. The highest BCUT2D eigenvalue weighted by Gasteiger charge is 2.21. The van der Waals surface area contributed by atoms with Crippen molar-refractivity contribution in [3.05, 3.63) is 54.0 Å². The van der Waals surface area contributed by atoms with Crippen molar-refractivity contribution in [1.29, 1.82) is 0 Å². The van der Waals surface area contributed by atoms with Crippen LogP contribution < -0.4 is 11.1 Å². The molecule has 1 aliphatic heterocycles. The van der Waals surface area contributed by atoms with Crippen molar-refractivity contribution in [1.82, 2.24) is 40.3 Å². The van der Waals surface area contributed by atoms with Crippen LogP contribution in [-0.2, 0) is 0 Å². The summed E-state index contributed by atoms with van der Waals surface area (Å²) in [6.45, 7) is 3.38.